The molecule has 0 saturated carbocycles. The van der Waals surface area contributed by atoms with Crippen molar-refractivity contribution in [2.45, 2.75) is 32.2 Å². The van der Waals surface area contributed by atoms with Crippen molar-refractivity contribution in [3.63, 3.8) is 0 Å². The average Bonchev–Trinajstić information content (AvgIpc) is 2.59. The van der Waals surface area contributed by atoms with Crippen LogP contribution in [-0.2, 0) is 16.1 Å². The largest absolute Gasteiger partial charge is 0.347 e. The summed E-state index contributed by atoms with van der Waals surface area (Å²) >= 11 is 0. The van der Waals surface area contributed by atoms with Gasteiger partial charge < -0.3 is 15.5 Å². The molecule has 0 aromatic heterocycles. The van der Waals surface area contributed by atoms with Gasteiger partial charge in [-0.3, -0.25) is 9.59 Å². The number of hydrogen-bond acceptors (Lipinski definition) is 3. The van der Waals surface area contributed by atoms with Crippen LogP contribution in [0.5, 0.6) is 0 Å². The number of hydrogen-bond donors (Lipinski definition) is 2. The van der Waals surface area contributed by atoms with Crippen LogP contribution in [0.3, 0.4) is 0 Å². The topological polar surface area (TPSA) is 61.4 Å². The van der Waals surface area contributed by atoms with Gasteiger partial charge in [-0.15, -0.1) is 12.4 Å². The maximum atomic E-state index is 12.1. The van der Waals surface area contributed by atoms with Gasteiger partial charge in [-0.1, -0.05) is 30.3 Å². The minimum Gasteiger partial charge on any atom is -0.347 e. The third-order valence-electron chi connectivity index (χ3n) is 4.36. The third kappa shape index (κ3) is 7.32. The molecule has 2 rings (SSSR count). The van der Waals surface area contributed by atoms with Gasteiger partial charge in [0, 0.05) is 20.0 Å². The van der Waals surface area contributed by atoms with E-state index in [4.69, 9.17) is 0 Å². The molecule has 2 N–H and O–H groups in total. The molecule has 24 heavy (non-hydrogen) atoms. The molecule has 1 aromatic carbocycles. The van der Waals surface area contributed by atoms with E-state index in [0.29, 0.717) is 18.9 Å². The molecule has 1 aromatic rings. The number of nitrogens with one attached hydrogen (secondary N) is 2. The van der Waals surface area contributed by atoms with Crippen molar-refractivity contribution in [3.8, 4) is 0 Å². The zero-order valence-electron chi connectivity index (χ0n) is 14.3. The summed E-state index contributed by atoms with van der Waals surface area (Å²) in [5.74, 6) is 0.549. The Labute approximate surface area is 150 Å². The summed E-state index contributed by atoms with van der Waals surface area (Å²) in [6.45, 7) is 2.74. The monoisotopic (exact) mass is 353 g/mol. The van der Waals surface area contributed by atoms with Crippen LogP contribution in [-0.4, -0.2) is 43.4 Å². The van der Waals surface area contributed by atoms with Crippen LogP contribution in [0.4, 0.5) is 0 Å². The lowest BCUT2D eigenvalue weighted by atomic mass is 9.93. The number of nitrogens with zero attached hydrogens (tertiary/aromatic N) is 1. The molecule has 0 aliphatic carbocycles. The van der Waals surface area contributed by atoms with Crippen LogP contribution in [0.2, 0.25) is 0 Å². The van der Waals surface area contributed by atoms with Crippen molar-refractivity contribution in [2.75, 3.05) is 26.7 Å². The fourth-order valence-corrected chi connectivity index (χ4v) is 2.85. The first-order valence-corrected chi connectivity index (χ1v) is 8.40. The van der Waals surface area contributed by atoms with Crippen molar-refractivity contribution < 1.29 is 9.59 Å². The predicted molar refractivity (Wildman–Crippen MR) is 98.0 cm³/mol. The Bertz CT molecular complexity index is 504. The Hall–Kier alpha value is -1.59. The van der Waals surface area contributed by atoms with Gasteiger partial charge in [0.1, 0.15) is 0 Å². The molecule has 6 heteroatoms. The van der Waals surface area contributed by atoms with Gasteiger partial charge in [0.2, 0.25) is 11.8 Å². The number of amides is 2. The van der Waals surface area contributed by atoms with Crippen molar-refractivity contribution in [3.05, 3.63) is 35.9 Å². The van der Waals surface area contributed by atoms with Gasteiger partial charge in [0.15, 0.2) is 0 Å². The smallest absolute Gasteiger partial charge is 0.242 e. The molecule has 0 bridgehead atoms. The van der Waals surface area contributed by atoms with Gasteiger partial charge in [-0.25, -0.2) is 0 Å². The standard InChI is InChI=1S/C18H27N3O2.ClH/c1-21(14-16-5-3-2-4-6-16)18(23)13-20-17(22)8-7-15-9-11-19-12-10-15;/h2-6,15,19H,7-14H2,1H3,(H,20,22);1H. The maximum Gasteiger partial charge on any atom is 0.242 e. The van der Waals surface area contributed by atoms with E-state index >= 15 is 0 Å². The fraction of sp³-hybridized carbons (Fsp3) is 0.556. The van der Waals surface area contributed by atoms with Crippen LogP contribution in [0.1, 0.15) is 31.2 Å². The van der Waals surface area contributed by atoms with E-state index < -0.39 is 0 Å². The summed E-state index contributed by atoms with van der Waals surface area (Å²) in [5.41, 5.74) is 1.08. The molecule has 1 heterocycles. The van der Waals surface area contributed by atoms with E-state index in [9.17, 15) is 9.59 Å². The van der Waals surface area contributed by atoms with Crippen LogP contribution in [0.15, 0.2) is 30.3 Å². The summed E-state index contributed by atoms with van der Waals surface area (Å²) < 4.78 is 0. The second kappa shape index (κ2) is 11.0. The van der Waals surface area contributed by atoms with Crippen LogP contribution < -0.4 is 10.6 Å². The zero-order valence-corrected chi connectivity index (χ0v) is 15.1. The first-order valence-electron chi connectivity index (χ1n) is 8.40. The van der Waals surface area contributed by atoms with Gasteiger partial charge >= 0.3 is 0 Å². The Morgan fingerprint density at radius 3 is 2.54 bits per heavy atom. The molecule has 1 aliphatic rings. The summed E-state index contributed by atoms with van der Waals surface area (Å²) in [5, 5.41) is 6.07. The minimum absolute atomic E-state index is 0. The lowest BCUT2D eigenvalue weighted by molar-refractivity contribution is -0.132. The summed E-state index contributed by atoms with van der Waals surface area (Å²) in [4.78, 5) is 25.6. The van der Waals surface area contributed by atoms with E-state index in [0.717, 1.165) is 37.9 Å². The predicted octanol–water partition coefficient (Wildman–Crippen LogP) is 1.96. The van der Waals surface area contributed by atoms with E-state index in [-0.39, 0.29) is 30.8 Å². The molecule has 1 saturated heterocycles. The third-order valence-corrected chi connectivity index (χ3v) is 4.36. The van der Waals surface area contributed by atoms with E-state index in [2.05, 4.69) is 10.6 Å². The lowest BCUT2D eigenvalue weighted by Crippen LogP contribution is -2.38. The molecule has 0 atom stereocenters. The van der Waals surface area contributed by atoms with Crippen LogP contribution >= 0.6 is 12.4 Å². The van der Waals surface area contributed by atoms with E-state index in [1.807, 2.05) is 30.3 Å². The normalized spacial score (nSPS) is 14.5. The summed E-state index contributed by atoms with van der Waals surface area (Å²) in [6, 6.07) is 9.84. The SMILES string of the molecule is CN(Cc1ccccc1)C(=O)CNC(=O)CCC1CCNCC1.Cl. The zero-order chi connectivity index (χ0) is 16.5. The Morgan fingerprint density at radius 1 is 1.21 bits per heavy atom. The number of carbonyl (C=O) groups is 2. The van der Waals surface area contributed by atoms with Crippen molar-refractivity contribution >= 4 is 24.2 Å². The number of piperidine rings is 1. The molecule has 0 radical (unpaired) electrons. The summed E-state index contributed by atoms with van der Waals surface area (Å²) in [6.07, 6.45) is 3.72. The van der Waals surface area contributed by atoms with Gasteiger partial charge in [-0.2, -0.15) is 0 Å². The van der Waals surface area contributed by atoms with Gasteiger partial charge in [-0.05, 0) is 43.8 Å². The highest BCUT2D eigenvalue weighted by Gasteiger charge is 2.15. The second-order valence-corrected chi connectivity index (χ2v) is 6.24. The molecule has 0 spiro atoms. The quantitative estimate of drug-likeness (QED) is 0.787. The summed E-state index contributed by atoms with van der Waals surface area (Å²) in [7, 11) is 1.76. The molecule has 5 nitrogen and oxygen atoms in total. The van der Waals surface area contributed by atoms with Crippen LogP contribution in [0.25, 0.3) is 0 Å². The molecule has 0 unspecified atom stereocenters. The first-order chi connectivity index (χ1) is 11.1. The van der Waals surface area contributed by atoms with E-state index in [1.54, 1.807) is 11.9 Å². The Kier molecular flexibility index (Phi) is 9.42. The van der Waals surface area contributed by atoms with E-state index in [1.165, 1.54) is 0 Å². The Balaban J connectivity index is 0.00000288. The highest BCUT2D eigenvalue weighted by molar-refractivity contribution is 5.85. The lowest BCUT2D eigenvalue weighted by Gasteiger charge is -2.22. The number of carbonyl (C=O) groups excluding carboxylic acids is 2. The second-order valence-electron chi connectivity index (χ2n) is 6.24. The Morgan fingerprint density at radius 2 is 1.88 bits per heavy atom. The van der Waals surface area contributed by atoms with Crippen LogP contribution in [0, 0.1) is 5.92 Å². The highest BCUT2D eigenvalue weighted by atomic mass is 35.5. The van der Waals surface area contributed by atoms with Crippen molar-refractivity contribution in [1.29, 1.82) is 0 Å². The van der Waals surface area contributed by atoms with Gasteiger partial charge in [0.05, 0.1) is 6.54 Å². The highest BCUT2D eigenvalue weighted by Crippen LogP contribution is 2.17. The minimum atomic E-state index is -0.0657. The van der Waals surface area contributed by atoms with Crippen molar-refractivity contribution in [2.24, 2.45) is 5.92 Å². The molecular formula is C18H28ClN3O2. The number of benzene rings is 1. The van der Waals surface area contributed by atoms with Gasteiger partial charge in [0.25, 0.3) is 0 Å². The molecular weight excluding hydrogens is 326 g/mol. The first kappa shape index (κ1) is 20.5. The molecule has 2 amide bonds. The fourth-order valence-electron chi connectivity index (χ4n) is 2.85. The number of halogens is 1. The molecule has 1 aliphatic heterocycles. The number of rotatable bonds is 7. The number of likely N-dealkylation sites (N-methyl/N-ethyl adjacent to an activating group) is 1. The average molecular weight is 354 g/mol. The molecule has 134 valence electrons. The molecule has 1 fully saturated rings. The maximum absolute atomic E-state index is 12.1. The van der Waals surface area contributed by atoms with Crippen molar-refractivity contribution in [1.82, 2.24) is 15.5 Å².